The second-order valence-electron chi connectivity index (χ2n) is 4.19. The van der Waals surface area contributed by atoms with E-state index in [4.69, 9.17) is 16.0 Å². The third kappa shape index (κ3) is 3.86. The van der Waals surface area contributed by atoms with Gasteiger partial charge in [0.2, 0.25) is 0 Å². The average Bonchev–Trinajstić information content (AvgIpc) is 2.77. The van der Waals surface area contributed by atoms with Crippen LogP contribution < -0.4 is 0 Å². The third-order valence-corrected chi connectivity index (χ3v) is 2.99. The summed E-state index contributed by atoms with van der Waals surface area (Å²) in [5, 5.41) is -0.541. The summed E-state index contributed by atoms with van der Waals surface area (Å²) in [6.45, 7) is 8.46. The van der Waals surface area contributed by atoms with Crippen LogP contribution in [-0.2, 0) is 0 Å². The van der Waals surface area contributed by atoms with Crippen molar-refractivity contribution in [1.29, 1.82) is 0 Å². The molecular weight excluding hydrogens is 238 g/mol. The SMILES string of the molecule is CCCN(CCC)C(C)c1ccc(C(=O)Cl)o1. The minimum absolute atomic E-state index is 0.180. The van der Waals surface area contributed by atoms with E-state index < -0.39 is 5.24 Å². The Hall–Kier alpha value is -0.800. The Balaban J connectivity index is 2.77. The number of carbonyl (C=O) groups is 1. The Labute approximate surface area is 108 Å². The lowest BCUT2D eigenvalue weighted by Gasteiger charge is -2.26. The molecule has 1 unspecified atom stereocenters. The first-order valence-electron chi connectivity index (χ1n) is 6.13. The number of carbonyl (C=O) groups excluding carboxylic acids is 1. The third-order valence-electron chi connectivity index (χ3n) is 2.80. The van der Waals surface area contributed by atoms with Gasteiger partial charge in [-0.3, -0.25) is 9.69 Å². The number of hydrogen-bond donors (Lipinski definition) is 0. The largest absolute Gasteiger partial charge is 0.455 e. The first kappa shape index (κ1) is 14.3. The van der Waals surface area contributed by atoms with E-state index in [9.17, 15) is 4.79 Å². The zero-order valence-corrected chi connectivity index (χ0v) is 11.5. The van der Waals surface area contributed by atoms with Crippen molar-refractivity contribution in [1.82, 2.24) is 4.90 Å². The first-order valence-corrected chi connectivity index (χ1v) is 6.51. The molecule has 0 fully saturated rings. The molecular formula is C13H20ClNO2. The molecule has 0 aliphatic carbocycles. The second-order valence-corrected chi connectivity index (χ2v) is 4.53. The molecule has 17 heavy (non-hydrogen) atoms. The molecule has 0 N–H and O–H groups in total. The average molecular weight is 258 g/mol. The standard InChI is InChI=1S/C13H20ClNO2/c1-4-8-15(9-5-2)10(3)11-6-7-12(17-11)13(14)16/h6-7,10H,4-5,8-9H2,1-3H3. The van der Waals surface area contributed by atoms with E-state index >= 15 is 0 Å². The second kappa shape index (κ2) is 6.82. The van der Waals surface area contributed by atoms with Crippen LogP contribution in [0.25, 0.3) is 0 Å². The van der Waals surface area contributed by atoms with E-state index in [0.29, 0.717) is 0 Å². The molecule has 96 valence electrons. The Bertz CT molecular complexity index is 356. The Morgan fingerprint density at radius 3 is 2.35 bits per heavy atom. The molecule has 1 heterocycles. The van der Waals surface area contributed by atoms with Crippen LogP contribution in [0.2, 0.25) is 0 Å². The van der Waals surface area contributed by atoms with E-state index in [1.165, 1.54) is 0 Å². The molecule has 3 nitrogen and oxygen atoms in total. The number of rotatable bonds is 7. The van der Waals surface area contributed by atoms with E-state index in [-0.39, 0.29) is 11.8 Å². The molecule has 0 bridgehead atoms. The van der Waals surface area contributed by atoms with Gasteiger partial charge < -0.3 is 4.42 Å². The van der Waals surface area contributed by atoms with Crippen LogP contribution in [0.4, 0.5) is 0 Å². The van der Waals surface area contributed by atoms with Gasteiger partial charge in [-0.05, 0) is 56.6 Å². The lowest BCUT2D eigenvalue weighted by Crippen LogP contribution is -2.28. The summed E-state index contributed by atoms with van der Waals surface area (Å²) in [5.41, 5.74) is 0. The van der Waals surface area contributed by atoms with Crippen LogP contribution in [0.5, 0.6) is 0 Å². The van der Waals surface area contributed by atoms with Crippen molar-refractivity contribution < 1.29 is 9.21 Å². The molecule has 4 heteroatoms. The highest BCUT2D eigenvalue weighted by atomic mass is 35.5. The highest BCUT2D eigenvalue weighted by Gasteiger charge is 2.18. The summed E-state index contributed by atoms with van der Waals surface area (Å²) in [4.78, 5) is 13.3. The highest BCUT2D eigenvalue weighted by molar-refractivity contribution is 6.67. The molecule has 1 atom stereocenters. The molecule has 0 radical (unpaired) electrons. The van der Waals surface area contributed by atoms with Crippen molar-refractivity contribution in [2.24, 2.45) is 0 Å². The van der Waals surface area contributed by atoms with Crippen LogP contribution >= 0.6 is 11.6 Å². The topological polar surface area (TPSA) is 33.5 Å². The van der Waals surface area contributed by atoms with Crippen LogP contribution in [0.1, 0.15) is 56.0 Å². The zero-order valence-electron chi connectivity index (χ0n) is 10.7. The first-order chi connectivity index (χ1) is 8.10. The van der Waals surface area contributed by atoms with Crippen molar-refractivity contribution in [2.45, 2.75) is 39.7 Å². The van der Waals surface area contributed by atoms with Crippen LogP contribution in [0.15, 0.2) is 16.5 Å². The number of hydrogen-bond acceptors (Lipinski definition) is 3. The molecule has 0 saturated carbocycles. The highest BCUT2D eigenvalue weighted by Crippen LogP contribution is 2.23. The summed E-state index contributed by atoms with van der Waals surface area (Å²) in [6.07, 6.45) is 2.21. The lowest BCUT2D eigenvalue weighted by molar-refractivity contribution is 0.105. The van der Waals surface area contributed by atoms with Gasteiger partial charge in [0.15, 0.2) is 5.76 Å². The van der Waals surface area contributed by atoms with Crippen LogP contribution in [0.3, 0.4) is 0 Å². The van der Waals surface area contributed by atoms with Gasteiger partial charge in [0.1, 0.15) is 5.76 Å². The van der Waals surface area contributed by atoms with Crippen molar-refractivity contribution in [3.63, 3.8) is 0 Å². The number of furan rings is 1. The van der Waals surface area contributed by atoms with Gasteiger partial charge in [0.05, 0.1) is 6.04 Å². The van der Waals surface area contributed by atoms with Gasteiger partial charge in [0, 0.05) is 0 Å². The van der Waals surface area contributed by atoms with Gasteiger partial charge in [-0.2, -0.15) is 0 Å². The minimum atomic E-state index is -0.541. The molecule has 1 aromatic heterocycles. The summed E-state index contributed by atoms with van der Waals surface area (Å²) in [7, 11) is 0. The molecule has 0 aliphatic rings. The van der Waals surface area contributed by atoms with Gasteiger partial charge >= 0.3 is 0 Å². The van der Waals surface area contributed by atoms with E-state index in [1.807, 2.05) is 6.07 Å². The monoisotopic (exact) mass is 257 g/mol. The Morgan fingerprint density at radius 1 is 1.35 bits per heavy atom. The van der Waals surface area contributed by atoms with Crippen LogP contribution in [0, 0.1) is 0 Å². The predicted octanol–water partition coefficient (Wildman–Crippen LogP) is 3.84. The molecule has 0 amide bonds. The summed E-state index contributed by atoms with van der Waals surface area (Å²) >= 11 is 5.38. The van der Waals surface area contributed by atoms with E-state index in [1.54, 1.807) is 6.07 Å². The van der Waals surface area contributed by atoms with Gasteiger partial charge in [-0.15, -0.1) is 0 Å². The van der Waals surface area contributed by atoms with Gasteiger partial charge in [-0.25, -0.2) is 0 Å². The summed E-state index contributed by atoms with van der Waals surface area (Å²) in [5.74, 6) is 1.03. The van der Waals surface area contributed by atoms with Crippen LogP contribution in [-0.4, -0.2) is 23.2 Å². The maximum Gasteiger partial charge on any atom is 0.287 e. The van der Waals surface area contributed by atoms with E-state index in [2.05, 4.69) is 25.7 Å². The molecule has 0 aliphatic heterocycles. The fourth-order valence-corrected chi connectivity index (χ4v) is 2.04. The Kier molecular flexibility index (Phi) is 5.72. The number of nitrogens with zero attached hydrogens (tertiary/aromatic N) is 1. The maximum atomic E-state index is 11.0. The predicted molar refractivity (Wildman–Crippen MR) is 69.5 cm³/mol. The molecule has 0 saturated heterocycles. The van der Waals surface area contributed by atoms with Gasteiger partial charge in [-0.1, -0.05) is 13.8 Å². The fraction of sp³-hybridized carbons (Fsp3) is 0.615. The molecule has 1 aromatic rings. The smallest absolute Gasteiger partial charge is 0.287 e. The van der Waals surface area contributed by atoms with Crippen molar-refractivity contribution in [2.75, 3.05) is 13.1 Å². The lowest BCUT2D eigenvalue weighted by atomic mass is 10.2. The molecule has 0 aromatic carbocycles. The van der Waals surface area contributed by atoms with Crippen molar-refractivity contribution in [3.05, 3.63) is 23.7 Å². The summed E-state index contributed by atoms with van der Waals surface area (Å²) < 4.78 is 5.46. The van der Waals surface area contributed by atoms with Gasteiger partial charge in [0.25, 0.3) is 5.24 Å². The fourth-order valence-electron chi connectivity index (χ4n) is 1.94. The summed E-state index contributed by atoms with van der Waals surface area (Å²) in [6, 6.07) is 3.65. The zero-order chi connectivity index (χ0) is 12.8. The maximum absolute atomic E-state index is 11.0. The minimum Gasteiger partial charge on any atom is -0.455 e. The van der Waals surface area contributed by atoms with E-state index in [0.717, 1.165) is 31.7 Å². The number of halogens is 1. The normalized spacial score (nSPS) is 13.0. The van der Waals surface area contributed by atoms with Crippen molar-refractivity contribution in [3.8, 4) is 0 Å². The Morgan fingerprint density at radius 2 is 1.94 bits per heavy atom. The molecule has 0 spiro atoms. The molecule has 1 rings (SSSR count). The quantitative estimate of drug-likeness (QED) is 0.696. The van der Waals surface area contributed by atoms with Crippen molar-refractivity contribution >= 4 is 16.8 Å².